The van der Waals surface area contributed by atoms with Crippen LogP contribution in [0.2, 0.25) is 0 Å². The van der Waals surface area contributed by atoms with Gasteiger partial charge in [0.25, 0.3) is 0 Å². The Balaban J connectivity index is 1.95. The van der Waals surface area contributed by atoms with Gasteiger partial charge in [-0.25, -0.2) is 4.79 Å². The van der Waals surface area contributed by atoms with E-state index in [-0.39, 0.29) is 11.8 Å². The van der Waals surface area contributed by atoms with Gasteiger partial charge in [-0.3, -0.25) is 9.59 Å². The molecule has 2 saturated heterocycles. The van der Waals surface area contributed by atoms with E-state index >= 15 is 0 Å². The molecule has 112 valence electrons. The Morgan fingerprint density at radius 1 is 1.25 bits per heavy atom. The van der Waals surface area contributed by atoms with E-state index in [1.54, 1.807) is 11.8 Å². The van der Waals surface area contributed by atoms with Crippen LogP contribution < -0.4 is 5.32 Å². The molecule has 0 unspecified atom stereocenters. The minimum absolute atomic E-state index is 0.0333. The largest absolute Gasteiger partial charge is 0.465 e. The SMILES string of the molecule is C[C@H](C(=O)N1CCCCC1)N1CC[C@@H](NC(=O)O)C1=O. The summed E-state index contributed by atoms with van der Waals surface area (Å²) in [6.07, 6.45) is 2.37. The molecule has 0 aromatic heterocycles. The van der Waals surface area contributed by atoms with Crippen LogP contribution in [-0.2, 0) is 9.59 Å². The molecule has 0 aliphatic carbocycles. The predicted molar refractivity (Wildman–Crippen MR) is 71.2 cm³/mol. The molecule has 3 amide bonds. The summed E-state index contributed by atoms with van der Waals surface area (Å²) in [7, 11) is 0. The first-order valence-corrected chi connectivity index (χ1v) is 7.09. The number of nitrogens with zero attached hydrogens (tertiary/aromatic N) is 2. The van der Waals surface area contributed by atoms with Crippen molar-refractivity contribution in [3.63, 3.8) is 0 Å². The Hall–Kier alpha value is -1.79. The third kappa shape index (κ3) is 3.02. The number of nitrogens with one attached hydrogen (secondary N) is 1. The molecule has 2 N–H and O–H groups in total. The maximum absolute atomic E-state index is 12.4. The van der Waals surface area contributed by atoms with Crippen LogP contribution in [0.25, 0.3) is 0 Å². The number of carbonyl (C=O) groups excluding carboxylic acids is 2. The molecule has 0 aromatic carbocycles. The molecule has 2 atom stereocenters. The first kappa shape index (κ1) is 14.6. The molecule has 0 spiro atoms. The molecule has 2 aliphatic rings. The van der Waals surface area contributed by atoms with Crippen molar-refractivity contribution >= 4 is 17.9 Å². The summed E-state index contributed by atoms with van der Waals surface area (Å²) in [4.78, 5) is 38.3. The van der Waals surface area contributed by atoms with Crippen molar-refractivity contribution in [1.82, 2.24) is 15.1 Å². The Morgan fingerprint density at radius 3 is 2.50 bits per heavy atom. The van der Waals surface area contributed by atoms with Gasteiger partial charge in [-0.2, -0.15) is 0 Å². The topological polar surface area (TPSA) is 90.0 Å². The first-order chi connectivity index (χ1) is 9.50. The second kappa shape index (κ2) is 6.11. The van der Waals surface area contributed by atoms with E-state index in [2.05, 4.69) is 5.32 Å². The summed E-state index contributed by atoms with van der Waals surface area (Å²) in [6, 6.07) is -1.23. The van der Waals surface area contributed by atoms with Crippen molar-refractivity contribution in [3.8, 4) is 0 Å². The van der Waals surface area contributed by atoms with Crippen LogP contribution in [0.4, 0.5) is 4.79 Å². The van der Waals surface area contributed by atoms with E-state index in [9.17, 15) is 14.4 Å². The lowest BCUT2D eigenvalue weighted by Gasteiger charge is -2.32. The average Bonchev–Trinajstić information content (AvgIpc) is 2.79. The molecule has 0 aromatic rings. The second-order valence-electron chi connectivity index (χ2n) is 5.38. The predicted octanol–water partition coefficient (Wildman–Crippen LogP) is 0.256. The summed E-state index contributed by atoms with van der Waals surface area (Å²) in [5, 5.41) is 10.9. The van der Waals surface area contributed by atoms with Gasteiger partial charge in [-0.1, -0.05) is 0 Å². The first-order valence-electron chi connectivity index (χ1n) is 7.09. The smallest absolute Gasteiger partial charge is 0.405 e. The number of rotatable bonds is 3. The number of hydrogen-bond acceptors (Lipinski definition) is 3. The Labute approximate surface area is 117 Å². The van der Waals surface area contributed by atoms with Gasteiger partial charge >= 0.3 is 6.09 Å². The summed E-state index contributed by atoms with van der Waals surface area (Å²) < 4.78 is 0. The van der Waals surface area contributed by atoms with Gasteiger partial charge in [0.2, 0.25) is 11.8 Å². The van der Waals surface area contributed by atoms with Crippen molar-refractivity contribution in [1.29, 1.82) is 0 Å². The molecule has 0 radical (unpaired) electrons. The van der Waals surface area contributed by atoms with Crippen molar-refractivity contribution in [2.24, 2.45) is 0 Å². The lowest BCUT2D eigenvalue weighted by molar-refractivity contribution is -0.143. The number of carboxylic acid groups (broad SMARTS) is 1. The Bertz CT molecular complexity index is 406. The normalized spacial score (nSPS) is 24.6. The van der Waals surface area contributed by atoms with Crippen LogP contribution in [0, 0.1) is 0 Å². The minimum atomic E-state index is -1.21. The van der Waals surface area contributed by atoms with Gasteiger partial charge in [0, 0.05) is 19.6 Å². The quantitative estimate of drug-likeness (QED) is 0.777. The van der Waals surface area contributed by atoms with Crippen LogP contribution in [0.5, 0.6) is 0 Å². The van der Waals surface area contributed by atoms with Gasteiger partial charge in [-0.05, 0) is 32.6 Å². The summed E-state index contributed by atoms with van der Waals surface area (Å²) in [5.41, 5.74) is 0. The van der Waals surface area contributed by atoms with Crippen molar-refractivity contribution < 1.29 is 19.5 Å². The van der Waals surface area contributed by atoms with Crippen molar-refractivity contribution in [2.75, 3.05) is 19.6 Å². The maximum atomic E-state index is 12.4. The van der Waals surface area contributed by atoms with E-state index in [1.165, 1.54) is 4.90 Å². The lowest BCUT2D eigenvalue weighted by atomic mass is 10.1. The second-order valence-corrected chi connectivity index (χ2v) is 5.38. The third-order valence-electron chi connectivity index (χ3n) is 4.03. The van der Waals surface area contributed by atoms with Gasteiger partial charge < -0.3 is 20.2 Å². The molecule has 0 saturated carbocycles. The molecule has 20 heavy (non-hydrogen) atoms. The van der Waals surface area contributed by atoms with Crippen LogP contribution in [0.3, 0.4) is 0 Å². The zero-order chi connectivity index (χ0) is 14.7. The molecular weight excluding hydrogens is 262 g/mol. The zero-order valence-corrected chi connectivity index (χ0v) is 11.7. The van der Waals surface area contributed by atoms with Crippen molar-refractivity contribution in [2.45, 2.75) is 44.7 Å². The van der Waals surface area contributed by atoms with E-state index in [1.807, 2.05) is 0 Å². The summed E-state index contributed by atoms with van der Waals surface area (Å²) in [5.74, 6) is -0.334. The molecule has 2 fully saturated rings. The third-order valence-corrected chi connectivity index (χ3v) is 4.03. The highest BCUT2D eigenvalue weighted by molar-refractivity contribution is 5.92. The minimum Gasteiger partial charge on any atom is -0.465 e. The van der Waals surface area contributed by atoms with Crippen LogP contribution in [-0.4, -0.2) is 64.5 Å². The van der Waals surface area contributed by atoms with Gasteiger partial charge in [0.1, 0.15) is 12.1 Å². The van der Waals surface area contributed by atoms with E-state index in [0.717, 1.165) is 32.4 Å². The molecule has 7 nitrogen and oxygen atoms in total. The monoisotopic (exact) mass is 283 g/mol. The fourth-order valence-electron chi connectivity index (χ4n) is 2.88. The van der Waals surface area contributed by atoms with E-state index < -0.39 is 18.2 Å². The maximum Gasteiger partial charge on any atom is 0.405 e. The summed E-state index contributed by atoms with van der Waals surface area (Å²) >= 11 is 0. The number of amides is 3. The highest BCUT2D eigenvalue weighted by Gasteiger charge is 2.38. The Morgan fingerprint density at radius 2 is 1.90 bits per heavy atom. The molecule has 2 heterocycles. The lowest BCUT2D eigenvalue weighted by Crippen LogP contribution is -2.51. The molecule has 0 bridgehead atoms. The molecule has 2 rings (SSSR count). The number of likely N-dealkylation sites (tertiary alicyclic amines) is 2. The van der Waals surface area contributed by atoms with E-state index in [4.69, 9.17) is 5.11 Å². The van der Waals surface area contributed by atoms with Gasteiger partial charge in [0.05, 0.1) is 0 Å². The molecule has 2 aliphatic heterocycles. The molecular formula is C13H21N3O4. The van der Waals surface area contributed by atoms with E-state index in [0.29, 0.717) is 13.0 Å². The number of hydrogen-bond donors (Lipinski definition) is 2. The average molecular weight is 283 g/mol. The highest BCUT2D eigenvalue weighted by Crippen LogP contribution is 2.18. The summed E-state index contributed by atoms with van der Waals surface area (Å²) in [6.45, 7) is 3.65. The van der Waals surface area contributed by atoms with Crippen LogP contribution in [0.15, 0.2) is 0 Å². The number of carbonyl (C=O) groups is 3. The number of piperidine rings is 1. The van der Waals surface area contributed by atoms with Gasteiger partial charge in [-0.15, -0.1) is 0 Å². The highest BCUT2D eigenvalue weighted by atomic mass is 16.4. The standard InChI is InChI=1S/C13H21N3O4/c1-9(11(17)15-6-3-2-4-7-15)16-8-5-10(12(16)18)14-13(19)20/h9-10,14H,2-8H2,1H3,(H,19,20)/t9-,10-/m1/s1. The van der Waals surface area contributed by atoms with Gasteiger partial charge in [0.15, 0.2) is 0 Å². The fourth-order valence-corrected chi connectivity index (χ4v) is 2.88. The van der Waals surface area contributed by atoms with Crippen molar-refractivity contribution in [3.05, 3.63) is 0 Å². The molecule has 7 heteroatoms. The zero-order valence-electron chi connectivity index (χ0n) is 11.7. The fraction of sp³-hybridized carbons (Fsp3) is 0.769. The van der Waals surface area contributed by atoms with Crippen LogP contribution >= 0.6 is 0 Å². The Kier molecular flexibility index (Phi) is 4.46. The van der Waals surface area contributed by atoms with Crippen LogP contribution in [0.1, 0.15) is 32.6 Å².